The van der Waals surface area contributed by atoms with Crippen molar-refractivity contribution >= 4 is 17.8 Å². The second-order valence-corrected chi connectivity index (χ2v) is 7.21. The summed E-state index contributed by atoms with van der Waals surface area (Å²) in [6.07, 6.45) is 3.52. The van der Waals surface area contributed by atoms with Crippen LogP contribution < -0.4 is 10.2 Å². The lowest BCUT2D eigenvalue weighted by atomic mass is 9.85. The van der Waals surface area contributed by atoms with Crippen LogP contribution in [0.1, 0.15) is 23.2 Å². The third-order valence-electron chi connectivity index (χ3n) is 5.00. The highest BCUT2D eigenvalue weighted by molar-refractivity contribution is 5.94. The highest BCUT2D eigenvalue weighted by atomic mass is 19.4. The molecule has 0 saturated carbocycles. The number of nitrogens with zero attached hydrogens (tertiary/aromatic N) is 5. The molecule has 2 fully saturated rings. The number of piperidine rings is 1. The van der Waals surface area contributed by atoms with Crippen molar-refractivity contribution in [3.05, 3.63) is 42.5 Å². The van der Waals surface area contributed by atoms with Gasteiger partial charge in [-0.3, -0.25) is 4.79 Å². The van der Waals surface area contributed by atoms with E-state index >= 15 is 0 Å². The minimum absolute atomic E-state index is 0.0208. The monoisotopic (exact) mass is 454 g/mol. The summed E-state index contributed by atoms with van der Waals surface area (Å²) in [6, 6.07) is 3.33. The van der Waals surface area contributed by atoms with Crippen LogP contribution in [0, 0.1) is 5.92 Å². The zero-order chi connectivity index (χ0) is 23.1. The molecule has 0 unspecified atom stereocenters. The molecule has 10 nitrogen and oxygen atoms in total. The molecule has 0 aromatic carbocycles. The lowest BCUT2D eigenvalue weighted by molar-refractivity contribution is -0.192. The van der Waals surface area contributed by atoms with Gasteiger partial charge in [-0.05, 0) is 25.0 Å². The second kappa shape index (κ2) is 10.3. The summed E-state index contributed by atoms with van der Waals surface area (Å²) in [7, 11) is 0. The molecule has 0 bridgehead atoms. The minimum Gasteiger partial charge on any atom is -0.475 e. The van der Waals surface area contributed by atoms with Crippen LogP contribution in [0.25, 0.3) is 0 Å². The molecule has 1 amide bonds. The van der Waals surface area contributed by atoms with Crippen LogP contribution in [0.5, 0.6) is 0 Å². The molecule has 2 aliphatic rings. The number of halogens is 3. The first-order valence-electron chi connectivity index (χ1n) is 9.77. The number of ether oxygens (including phenoxy) is 1. The van der Waals surface area contributed by atoms with E-state index in [2.05, 4.69) is 30.4 Å². The number of carboxylic acids is 1. The van der Waals surface area contributed by atoms with Gasteiger partial charge in [-0.1, -0.05) is 0 Å². The summed E-state index contributed by atoms with van der Waals surface area (Å²) in [6.45, 7) is 2.21. The summed E-state index contributed by atoms with van der Waals surface area (Å²) < 4.78 is 37.7. The van der Waals surface area contributed by atoms with E-state index < -0.39 is 12.1 Å². The Balaban J connectivity index is 0.000000360. The number of carboxylic acid groups (broad SMARTS) is 1. The number of carbonyl (C=O) groups is 2. The largest absolute Gasteiger partial charge is 0.490 e. The Morgan fingerprint density at radius 3 is 2.50 bits per heavy atom. The van der Waals surface area contributed by atoms with Crippen molar-refractivity contribution in [1.29, 1.82) is 0 Å². The van der Waals surface area contributed by atoms with Crippen LogP contribution in [-0.4, -0.2) is 75.2 Å². The molecule has 2 aliphatic heterocycles. The first-order chi connectivity index (χ1) is 15.3. The number of hydrogen-bond acceptors (Lipinski definition) is 8. The molecule has 2 aromatic rings. The Labute approximate surface area is 180 Å². The van der Waals surface area contributed by atoms with Crippen LogP contribution in [0.4, 0.5) is 19.1 Å². The molecule has 3 atom stereocenters. The first kappa shape index (κ1) is 23.3. The molecule has 0 aliphatic carbocycles. The van der Waals surface area contributed by atoms with E-state index in [-0.39, 0.29) is 18.1 Å². The quantitative estimate of drug-likeness (QED) is 0.705. The topological polar surface area (TPSA) is 130 Å². The predicted octanol–water partition coefficient (Wildman–Crippen LogP) is 1.31. The van der Waals surface area contributed by atoms with Gasteiger partial charge in [0.1, 0.15) is 0 Å². The normalized spacial score (nSPS) is 22.7. The van der Waals surface area contributed by atoms with Crippen LogP contribution in [0.3, 0.4) is 0 Å². The lowest BCUT2D eigenvalue weighted by Gasteiger charge is -2.45. The van der Waals surface area contributed by atoms with Gasteiger partial charge in [0.2, 0.25) is 5.95 Å². The SMILES string of the molecule is O=C(N[C@@H]1CN(c2ncccn2)C[C@@H]2CCCO[C@@H]21)c1ccnnc1.O=C(O)C(F)(F)F. The molecule has 2 aromatic heterocycles. The number of alkyl halides is 3. The molecule has 0 spiro atoms. The molecule has 32 heavy (non-hydrogen) atoms. The van der Waals surface area contributed by atoms with Crippen LogP contribution in [0.2, 0.25) is 0 Å². The summed E-state index contributed by atoms with van der Waals surface area (Å²) in [5.74, 6) is -1.88. The summed E-state index contributed by atoms with van der Waals surface area (Å²) in [5.41, 5.74) is 0.496. The van der Waals surface area contributed by atoms with E-state index in [0.717, 1.165) is 26.0 Å². The zero-order valence-corrected chi connectivity index (χ0v) is 16.8. The van der Waals surface area contributed by atoms with Gasteiger partial charge in [0.05, 0.1) is 30.1 Å². The van der Waals surface area contributed by atoms with Gasteiger partial charge in [-0.25, -0.2) is 14.8 Å². The third kappa shape index (κ3) is 6.09. The van der Waals surface area contributed by atoms with Crippen molar-refractivity contribution in [2.24, 2.45) is 5.92 Å². The van der Waals surface area contributed by atoms with E-state index in [0.29, 0.717) is 24.0 Å². The number of aromatic nitrogens is 4. The van der Waals surface area contributed by atoms with Crippen molar-refractivity contribution in [2.45, 2.75) is 31.2 Å². The van der Waals surface area contributed by atoms with Gasteiger partial charge in [-0.2, -0.15) is 23.4 Å². The molecule has 2 N–H and O–H groups in total. The maximum atomic E-state index is 12.5. The molecule has 2 saturated heterocycles. The van der Waals surface area contributed by atoms with E-state index in [4.69, 9.17) is 14.6 Å². The van der Waals surface area contributed by atoms with Gasteiger partial charge in [0.25, 0.3) is 5.91 Å². The first-order valence-corrected chi connectivity index (χ1v) is 9.77. The Morgan fingerprint density at radius 2 is 1.88 bits per heavy atom. The van der Waals surface area contributed by atoms with E-state index in [9.17, 15) is 18.0 Å². The summed E-state index contributed by atoms with van der Waals surface area (Å²) >= 11 is 0. The maximum absolute atomic E-state index is 12.5. The Hall–Kier alpha value is -3.35. The van der Waals surface area contributed by atoms with Gasteiger partial charge < -0.3 is 20.1 Å². The fourth-order valence-corrected chi connectivity index (χ4v) is 3.63. The van der Waals surface area contributed by atoms with Crippen molar-refractivity contribution in [1.82, 2.24) is 25.5 Å². The van der Waals surface area contributed by atoms with Crippen LogP contribution in [-0.2, 0) is 9.53 Å². The number of amides is 1. The number of hydrogen-bond donors (Lipinski definition) is 2. The second-order valence-electron chi connectivity index (χ2n) is 7.21. The standard InChI is InChI=1S/C17H20N6O2.C2HF3O2/c24-16(12-4-7-20-21-9-12)22-14-11-23(17-18-5-2-6-19-17)10-13-3-1-8-25-15(13)14;3-2(4,5)1(6)7/h2,4-7,9,13-15H,1,3,8,10-11H2,(H,22,24);(H,6,7)/t13-,14+,15-;/m0./s1. The van der Waals surface area contributed by atoms with E-state index in [1.165, 1.54) is 12.4 Å². The Morgan fingerprint density at radius 1 is 1.16 bits per heavy atom. The summed E-state index contributed by atoms with van der Waals surface area (Å²) in [4.78, 5) is 32.3. The van der Waals surface area contributed by atoms with Crippen LogP contribution >= 0.6 is 0 Å². The van der Waals surface area contributed by atoms with Gasteiger partial charge in [-0.15, -0.1) is 0 Å². The average Bonchev–Trinajstić information content (AvgIpc) is 2.80. The average molecular weight is 454 g/mol. The highest BCUT2D eigenvalue weighted by Crippen LogP contribution is 2.30. The molecule has 4 heterocycles. The van der Waals surface area contributed by atoms with Crippen molar-refractivity contribution in [3.8, 4) is 0 Å². The summed E-state index contributed by atoms with van der Waals surface area (Å²) in [5, 5.41) is 17.7. The lowest BCUT2D eigenvalue weighted by Crippen LogP contribution is -2.61. The highest BCUT2D eigenvalue weighted by Gasteiger charge is 2.41. The van der Waals surface area contributed by atoms with Crippen molar-refractivity contribution in [2.75, 3.05) is 24.6 Å². The number of anilines is 1. The van der Waals surface area contributed by atoms with Gasteiger partial charge >= 0.3 is 12.1 Å². The van der Waals surface area contributed by atoms with E-state index in [1.54, 1.807) is 24.5 Å². The van der Waals surface area contributed by atoms with Gasteiger partial charge in [0, 0.05) is 38.0 Å². The molecular weight excluding hydrogens is 433 g/mol. The fourth-order valence-electron chi connectivity index (χ4n) is 3.63. The third-order valence-corrected chi connectivity index (χ3v) is 5.00. The predicted molar refractivity (Wildman–Crippen MR) is 104 cm³/mol. The number of aliphatic carboxylic acids is 1. The number of rotatable bonds is 3. The van der Waals surface area contributed by atoms with Gasteiger partial charge in [0.15, 0.2) is 0 Å². The Bertz CT molecular complexity index is 903. The fraction of sp³-hybridized carbons (Fsp3) is 0.474. The molecule has 13 heteroatoms. The number of fused-ring (bicyclic) bond motifs is 1. The van der Waals surface area contributed by atoms with E-state index in [1.807, 2.05) is 0 Å². The van der Waals surface area contributed by atoms with Crippen molar-refractivity contribution < 1.29 is 32.6 Å². The molecule has 172 valence electrons. The molecular formula is C19H21F3N6O4. The number of carbonyl (C=O) groups excluding carboxylic acids is 1. The Kier molecular flexibility index (Phi) is 7.51. The van der Waals surface area contributed by atoms with Crippen molar-refractivity contribution in [3.63, 3.8) is 0 Å². The molecule has 4 rings (SSSR count). The minimum atomic E-state index is -5.08. The maximum Gasteiger partial charge on any atom is 0.490 e. The number of nitrogens with one attached hydrogen (secondary N) is 1. The zero-order valence-electron chi connectivity index (χ0n) is 16.8. The smallest absolute Gasteiger partial charge is 0.475 e. The van der Waals surface area contributed by atoms with Crippen LogP contribution in [0.15, 0.2) is 36.9 Å². The molecule has 0 radical (unpaired) electrons.